The Hall–Kier alpha value is -2.09. The minimum Gasteiger partial charge on any atom is -0.449 e. The first-order chi connectivity index (χ1) is 11.4. The van der Waals surface area contributed by atoms with Gasteiger partial charge in [-0.2, -0.15) is 0 Å². The van der Waals surface area contributed by atoms with Crippen LogP contribution in [0.25, 0.3) is 0 Å². The van der Waals surface area contributed by atoms with Crippen LogP contribution in [0.4, 0.5) is 0 Å². The van der Waals surface area contributed by atoms with Crippen LogP contribution in [0.15, 0.2) is 23.4 Å². The second-order valence-electron chi connectivity index (χ2n) is 4.95. The number of rotatable bonds is 8. The number of pyridine rings is 1. The summed E-state index contributed by atoms with van der Waals surface area (Å²) >= 11 is 1.17. The quantitative estimate of drug-likeness (QED) is 0.541. The van der Waals surface area contributed by atoms with E-state index in [-0.39, 0.29) is 17.4 Å². The minimum absolute atomic E-state index is 0.136. The van der Waals surface area contributed by atoms with Crippen LogP contribution in [0.3, 0.4) is 0 Å². The van der Waals surface area contributed by atoms with E-state index in [4.69, 9.17) is 4.74 Å². The number of ether oxygens (including phenoxy) is 1. The summed E-state index contributed by atoms with van der Waals surface area (Å²) in [6.45, 7) is 7.84. The molecule has 24 heavy (non-hydrogen) atoms. The second-order valence-corrected chi connectivity index (χ2v) is 6.28. The molecule has 0 saturated heterocycles. The lowest BCUT2D eigenvalue weighted by Gasteiger charge is -2.15. The Labute approximate surface area is 145 Å². The van der Waals surface area contributed by atoms with Crippen LogP contribution in [0.1, 0.15) is 38.1 Å². The van der Waals surface area contributed by atoms with Gasteiger partial charge in [0.05, 0.1) is 10.8 Å². The van der Waals surface area contributed by atoms with Gasteiger partial charge in [-0.05, 0) is 39.8 Å². The zero-order chi connectivity index (χ0) is 18.1. The van der Waals surface area contributed by atoms with Gasteiger partial charge >= 0.3 is 5.97 Å². The van der Waals surface area contributed by atoms with Gasteiger partial charge in [0.15, 0.2) is 6.10 Å². The van der Waals surface area contributed by atoms with Gasteiger partial charge in [-0.3, -0.25) is 9.59 Å². The van der Waals surface area contributed by atoms with E-state index in [9.17, 15) is 14.4 Å². The lowest BCUT2D eigenvalue weighted by Crippen LogP contribution is -2.35. The van der Waals surface area contributed by atoms with Crippen molar-refractivity contribution in [3.8, 4) is 0 Å². The standard InChI is InChI=1S/C16H23N3O4S/c1-5-17-13(20)10(3)23-16(22)12-8-7-9-19-15(12)24-11(4)14(21)18-6-2/h7-11H,5-6H2,1-4H3,(H,17,20)(H,18,21)/t10-,11-/m1/s1. The SMILES string of the molecule is CCNC(=O)[C@@H](C)OC(=O)c1cccnc1S[C@H](C)C(=O)NCC. The molecule has 0 aliphatic carbocycles. The van der Waals surface area contributed by atoms with Gasteiger partial charge in [0.2, 0.25) is 5.91 Å². The zero-order valence-electron chi connectivity index (χ0n) is 14.3. The van der Waals surface area contributed by atoms with E-state index in [0.717, 1.165) is 0 Å². The fourth-order valence-corrected chi connectivity index (χ4v) is 2.70. The molecular weight excluding hydrogens is 330 g/mol. The lowest BCUT2D eigenvalue weighted by molar-refractivity contribution is -0.129. The zero-order valence-corrected chi connectivity index (χ0v) is 15.1. The monoisotopic (exact) mass is 353 g/mol. The Morgan fingerprint density at radius 3 is 2.42 bits per heavy atom. The highest BCUT2D eigenvalue weighted by Crippen LogP contribution is 2.25. The molecule has 0 spiro atoms. The van der Waals surface area contributed by atoms with Crippen molar-refractivity contribution < 1.29 is 19.1 Å². The molecule has 7 nitrogen and oxygen atoms in total. The average Bonchev–Trinajstić information content (AvgIpc) is 2.55. The first kappa shape index (κ1) is 20.0. The maximum Gasteiger partial charge on any atom is 0.341 e. The first-order valence-corrected chi connectivity index (χ1v) is 8.66. The molecule has 132 valence electrons. The molecule has 0 unspecified atom stereocenters. The summed E-state index contributed by atoms with van der Waals surface area (Å²) in [5, 5.41) is 5.29. The van der Waals surface area contributed by atoms with Crippen LogP contribution in [0.2, 0.25) is 0 Å². The molecule has 1 aromatic rings. The lowest BCUT2D eigenvalue weighted by atomic mass is 10.3. The van der Waals surface area contributed by atoms with Gasteiger partial charge in [0.25, 0.3) is 5.91 Å². The van der Waals surface area contributed by atoms with Gasteiger partial charge in [-0.15, -0.1) is 0 Å². The third-order valence-electron chi connectivity index (χ3n) is 3.00. The maximum absolute atomic E-state index is 12.3. The Kier molecular flexibility index (Phi) is 8.25. The van der Waals surface area contributed by atoms with Crippen LogP contribution in [0.5, 0.6) is 0 Å². The van der Waals surface area contributed by atoms with Crippen molar-refractivity contribution in [3.05, 3.63) is 23.9 Å². The smallest absolute Gasteiger partial charge is 0.341 e. The van der Waals surface area contributed by atoms with E-state index in [2.05, 4.69) is 15.6 Å². The van der Waals surface area contributed by atoms with Crippen LogP contribution < -0.4 is 10.6 Å². The van der Waals surface area contributed by atoms with Crippen LogP contribution in [-0.2, 0) is 14.3 Å². The Morgan fingerprint density at radius 2 is 1.79 bits per heavy atom. The third-order valence-corrected chi connectivity index (χ3v) is 4.12. The van der Waals surface area contributed by atoms with Crippen LogP contribution >= 0.6 is 11.8 Å². The molecule has 0 saturated carbocycles. The topological polar surface area (TPSA) is 97.4 Å². The summed E-state index contributed by atoms with van der Waals surface area (Å²) in [6.07, 6.45) is 0.632. The number of carbonyl (C=O) groups is 3. The third kappa shape index (κ3) is 5.84. The van der Waals surface area contributed by atoms with E-state index in [1.807, 2.05) is 6.92 Å². The van der Waals surface area contributed by atoms with Crippen molar-refractivity contribution in [1.82, 2.24) is 15.6 Å². The molecule has 1 aromatic heterocycles. The highest BCUT2D eigenvalue weighted by Gasteiger charge is 2.23. The number of aromatic nitrogens is 1. The Balaban J connectivity index is 2.83. The number of likely N-dealkylation sites (N-methyl/N-ethyl adjacent to an activating group) is 1. The van der Waals surface area contributed by atoms with E-state index >= 15 is 0 Å². The molecule has 1 rings (SSSR count). The summed E-state index contributed by atoms with van der Waals surface area (Å²) in [7, 11) is 0. The maximum atomic E-state index is 12.3. The molecule has 2 atom stereocenters. The fourth-order valence-electron chi connectivity index (χ4n) is 1.77. The summed E-state index contributed by atoms with van der Waals surface area (Å²) in [6, 6.07) is 3.17. The number of nitrogens with one attached hydrogen (secondary N) is 2. The molecule has 2 N–H and O–H groups in total. The average molecular weight is 353 g/mol. The number of hydrogen-bond acceptors (Lipinski definition) is 6. The summed E-state index contributed by atoms with van der Waals surface area (Å²) < 4.78 is 5.18. The van der Waals surface area contributed by atoms with E-state index in [1.54, 1.807) is 26.0 Å². The Morgan fingerprint density at radius 1 is 1.17 bits per heavy atom. The first-order valence-electron chi connectivity index (χ1n) is 7.78. The van der Waals surface area contributed by atoms with Gasteiger partial charge in [-0.25, -0.2) is 9.78 Å². The molecule has 0 bridgehead atoms. The number of amides is 2. The molecule has 0 radical (unpaired) electrons. The molecule has 0 aliphatic heterocycles. The molecule has 0 aromatic carbocycles. The van der Waals surface area contributed by atoms with Crippen molar-refractivity contribution in [2.24, 2.45) is 0 Å². The van der Waals surface area contributed by atoms with Crippen LogP contribution in [-0.4, -0.2) is 47.2 Å². The van der Waals surface area contributed by atoms with Crippen molar-refractivity contribution >= 4 is 29.5 Å². The van der Waals surface area contributed by atoms with Gasteiger partial charge < -0.3 is 15.4 Å². The van der Waals surface area contributed by atoms with Crippen molar-refractivity contribution in [3.63, 3.8) is 0 Å². The van der Waals surface area contributed by atoms with E-state index < -0.39 is 17.3 Å². The molecule has 0 fully saturated rings. The summed E-state index contributed by atoms with van der Waals surface area (Å²) in [4.78, 5) is 40.0. The summed E-state index contributed by atoms with van der Waals surface area (Å²) in [5.41, 5.74) is 0.231. The normalized spacial score (nSPS) is 12.8. The number of thioether (sulfide) groups is 1. The highest BCUT2D eigenvalue weighted by molar-refractivity contribution is 8.00. The molecule has 1 heterocycles. The van der Waals surface area contributed by atoms with Gasteiger partial charge in [-0.1, -0.05) is 11.8 Å². The van der Waals surface area contributed by atoms with Crippen molar-refractivity contribution in [1.29, 1.82) is 0 Å². The predicted octanol–water partition coefficient (Wildman–Crippen LogP) is 1.38. The van der Waals surface area contributed by atoms with E-state index in [1.165, 1.54) is 24.9 Å². The second kappa shape index (κ2) is 9.92. The number of esters is 1. The van der Waals surface area contributed by atoms with E-state index in [0.29, 0.717) is 18.1 Å². The van der Waals surface area contributed by atoms with Crippen LogP contribution in [0, 0.1) is 0 Å². The number of nitrogens with zero attached hydrogens (tertiary/aromatic N) is 1. The molecule has 8 heteroatoms. The molecule has 2 amide bonds. The largest absolute Gasteiger partial charge is 0.449 e. The minimum atomic E-state index is -0.906. The number of hydrogen-bond donors (Lipinski definition) is 2. The Bertz CT molecular complexity index is 594. The van der Waals surface area contributed by atoms with Crippen molar-refractivity contribution in [2.75, 3.05) is 13.1 Å². The summed E-state index contributed by atoms with van der Waals surface area (Å²) in [5.74, 6) is -1.14. The van der Waals surface area contributed by atoms with Crippen molar-refractivity contribution in [2.45, 2.75) is 44.1 Å². The predicted molar refractivity (Wildman–Crippen MR) is 91.8 cm³/mol. The van der Waals surface area contributed by atoms with Gasteiger partial charge in [0, 0.05) is 19.3 Å². The fraction of sp³-hybridized carbons (Fsp3) is 0.500. The number of carbonyl (C=O) groups excluding carboxylic acids is 3. The molecular formula is C16H23N3O4S. The molecule has 0 aliphatic rings. The highest BCUT2D eigenvalue weighted by atomic mass is 32.2. The van der Waals surface area contributed by atoms with Gasteiger partial charge in [0.1, 0.15) is 5.03 Å².